The first kappa shape index (κ1) is 17.6. The Morgan fingerprint density at radius 2 is 2.05 bits per heavy atom. The maximum atomic E-state index is 12.4. The summed E-state index contributed by atoms with van der Waals surface area (Å²) in [6.45, 7) is 5.22. The van der Waals surface area contributed by atoms with Crippen LogP contribution in [0.2, 0.25) is 0 Å². The van der Waals surface area contributed by atoms with Gasteiger partial charge in [0.2, 0.25) is 10.0 Å². The van der Waals surface area contributed by atoms with E-state index in [1.54, 1.807) is 20.8 Å². The van der Waals surface area contributed by atoms with Crippen LogP contribution in [0.1, 0.15) is 31.1 Å². The van der Waals surface area contributed by atoms with Gasteiger partial charge in [0, 0.05) is 11.4 Å². The molecule has 0 aliphatic heterocycles. The van der Waals surface area contributed by atoms with E-state index in [0.29, 0.717) is 0 Å². The lowest BCUT2D eigenvalue weighted by Crippen LogP contribution is -2.41. The third-order valence-corrected chi connectivity index (χ3v) is 4.98. The van der Waals surface area contributed by atoms with E-state index in [1.807, 2.05) is 0 Å². The molecule has 0 aliphatic rings. The lowest BCUT2D eigenvalue weighted by Gasteiger charge is -2.25. The SMILES string of the molecule is CCOC(=O)CN(C(=O)c1csc(S(N)(=O)=O)c1)C(C)C. The lowest BCUT2D eigenvalue weighted by molar-refractivity contribution is -0.144. The fraction of sp³-hybridized carbons (Fsp3) is 0.500. The molecular formula is C12H18N2O5S2. The second kappa shape index (κ2) is 7.01. The Morgan fingerprint density at radius 1 is 1.43 bits per heavy atom. The standard InChI is InChI=1S/C12H18N2O5S2/c1-4-19-10(15)6-14(8(2)3)12(16)9-5-11(20-7-9)21(13,17)18/h5,7-8H,4,6H2,1-3H3,(H2,13,17,18). The highest BCUT2D eigenvalue weighted by Crippen LogP contribution is 2.20. The molecule has 21 heavy (non-hydrogen) atoms. The van der Waals surface area contributed by atoms with Crippen molar-refractivity contribution in [3.05, 3.63) is 17.0 Å². The van der Waals surface area contributed by atoms with E-state index in [0.717, 1.165) is 11.3 Å². The van der Waals surface area contributed by atoms with Crippen LogP contribution in [-0.2, 0) is 19.6 Å². The smallest absolute Gasteiger partial charge is 0.325 e. The first-order valence-corrected chi connectivity index (χ1v) is 8.67. The molecule has 0 aliphatic carbocycles. The number of primary sulfonamides is 1. The topological polar surface area (TPSA) is 107 Å². The van der Waals surface area contributed by atoms with Crippen LogP contribution < -0.4 is 5.14 Å². The van der Waals surface area contributed by atoms with Gasteiger partial charge in [-0.05, 0) is 26.8 Å². The van der Waals surface area contributed by atoms with Crippen LogP contribution in [0.4, 0.5) is 0 Å². The molecule has 1 aromatic rings. The zero-order valence-electron chi connectivity index (χ0n) is 12.0. The van der Waals surface area contributed by atoms with Crippen LogP contribution in [0.3, 0.4) is 0 Å². The number of rotatable bonds is 6. The Balaban J connectivity index is 2.96. The summed E-state index contributed by atoms with van der Waals surface area (Å²) in [6, 6.07) is 0.975. The van der Waals surface area contributed by atoms with Crippen molar-refractivity contribution in [1.82, 2.24) is 4.90 Å². The maximum Gasteiger partial charge on any atom is 0.325 e. The Hall–Kier alpha value is -1.45. The molecule has 0 saturated carbocycles. The number of carbonyl (C=O) groups excluding carboxylic acids is 2. The van der Waals surface area contributed by atoms with Gasteiger partial charge in [0.1, 0.15) is 10.8 Å². The summed E-state index contributed by atoms with van der Waals surface area (Å²) < 4.78 is 27.2. The van der Waals surface area contributed by atoms with Gasteiger partial charge in [-0.3, -0.25) is 9.59 Å². The van der Waals surface area contributed by atoms with Crippen LogP contribution in [-0.4, -0.2) is 44.4 Å². The van der Waals surface area contributed by atoms with E-state index in [4.69, 9.17) is 9.88 Å². The van der Waals surface area contributed by atoms with Gasteiger partial charge >= 0.3 is 5.97 Å². The number of thiophene rings is 1. The molecule has 118 valence electrons. The van der Waals surface area contributed by atoms with E-state index in [9.17, 15) is 18.0 Å². The molecule has 0 atom stereocenters. The summed E-state index contributed by atoms with van der Waals surface area (Å²) in [6.07, 6.45) is 0. The predicted octanol–water partition coefficient (Wildman–Crippen LogP) is 0.809. The Labute approximate surface area is 127 Å². The van der Waals surface area contributed by atoms with Gasteiger partial charge in [-0.2, -0.15) is 0 Å². The van der Waals surface area contributed by atoms with Gasteiger partial charge in [0.05, 0.1) is 12.2 Å². The molecule has 0 fully saturated rings. The van der Waals surface area contributed by atoms with Gasteiger partial charge in [0.15, 0.2) is 0 Å². The number of hydrogen-bond acceptors (Lipinski definition) is 6. The van der Waals surface area contributed by atoms with Crippen LogP contribution in [0.25, 0.3) is 0 Å². The van der Waals surface area contributed by atoms with Crippen molar-refractivity contribution in [3.63, 3.8) is 0 Å². The van der Waals surface area contributed by atoms with E-state index in [1.165, 1.54) is 16.3 Å². The Morgan fingerprint density at radius 3 is 2.48 bits per heavy atom. The number of nitrogens with zero attached hydrogens (tertiary/aromatic N) is 1. The van der Waals surface area contributed by atoms with Gasteiger partial charge < -0.3 is 9.64 Å². The lowest BCUT2D eigenvalue weighted by atomic mass is 10.2. The fourth-order valence-corrected chi connectivity index (χ4v) is 3.16. The summed E-state index contributed by atoms with van der Waals surface area (Å²) in [4.78, 5) is 25.2. The highest BCUT2D eigenvalue weighted by molar-refractivity contribution is 7.91. The van der Waals surface area contributed by atoms with Gasteiger partial charge in [0.25, 0.3) is 5.91 Å². The van der Waals surface area contributed by atoms with Gasteiger partial charge in [-0.1, -0.05) is 0 Å². The van der Waals surface area contributed by atoms with Crippen molar-refractivity contribution in [3.8, 4) is 0 Å². The molecule has 7 nitrogen and oxygen atoms in total. The fourth-order valence-electron chi connectivity index (χ4n) is 1.58. The molecule has 0 unspecified atom stereocenters. The molecular weight excluding hydrogens is 316 g/mol. The molecule has 0 radical (unpaired) electrons. The van der Waals surface area contributed by atoms with E-state index >= 15 is 0 Å². The minimum absolute atomic E-state index is 0.0920. The maximum absolute atomic E-state index is 12.4. The Kier molecular flexibility index (Phi) is 5.87. The highest BCUT2D eigenvalue weighted by Gasteiger charge is 2.24. The third-order valence-electron chi connectivity index (χ3n) is 2.59. The predicted molar refractivity (Wildman–Crippen MR) is 78.5 cm³/mol. The van der Waals surface area contributed by atoms with Crippen LogP contribution in [0.15, 0.2) is 15.7 Å². The number of ether oxygens (including phenoxy) is 1. The number of sulfonamides is 1. The number of amides is 1. The summed E-state index contributed by atoms with van der Waals surface area (Å²) in [7, 11) is -3.84. The highest BCUT2D eigenvalue weighted by atomic mass is 32.2. The Bertz CT molecular complexity index is 621. The quantitative estimate of drug-likeness (QED) is 0.775. The zero-order chi connectivity index (χ0) is 16.2. The molecule has 1 amide bonds. The minimum atomic E-state index is -3.84. The molecule has 9 heteroatoms. The van der Waals surface area contributed by atoms with Crippen molar-refractivity contribution >= 4 is 33.2 Å². The second-order valence-electron chi connectivity index (χ2n) is 4.53. The molecule has 1 aromatic heterocycles. The average molecular weight is 334 g/mol. The summed E-state index contributed by atoms with van der Waals surface area (Å²) >= 11 is 0.866. The average Bonchev–Trinajstić information content (AvgIpc) is 2.84. The summed E-state index contributed by atoms with van der Waals surface area (Å²) in [5.41, 5.74) is 0.182. The molecule has 0 spiro atoms. The molecule has 0 bridgehead atoms. The van der Waals surface area contributed by atoms with E-state index in [2.05, 4.69) is 0 Å². The van der Waals surface area contributed by atoms with Gasteiger partial charge in [-0.25, -0.2) is 13.6 Å². The van der Waals surface area contributed by atoms with Crippen molar-refractivity contribution in [2.45, 2.75) is 31.0 Å². The van der Waals surface area contributed by atoms with Crippen molar-refractivity contribution in [1.29, 1.82) is 0 Å². The number of carbonyl (C=O) groups is 2. The number of nitrogens with two attached hydrogens (primary N) is 1. The van der Waals surface area contributed by atoms with Crippen molar-refractivity contribution in [2.75, 3.05) is 13.2 Å². The molecule has 1 rings (SSSR count). The molecule has 2 N–H and O–H groups in total. The normalized spacial score (nSPS) is 11.5. The summed E-state index contributed by atoms with van der Waals surface area (Å²) in [5, 5.41) is 6.42. The number of esters is 1. The zero-order valence-corrected chi connectivity index (χ0v) is 13.7. The van der Waals surface area contributed by atoms with Gasteiger partial charge in [-0.15, -0.1) is 11.3 Å². The monoisotopic (exact) mass is 334 g/mol. The second-order valence-corrected chi connectivity index (χ2v) is 7.23. The van der Waals surface area contributed by atoms with Crippen LogP contribution in [0.5, 0.6) is 0 Å². The first-order chi connectivity index (χ1) is 9.66. The largest absolute Gasteiger partial charge is 0.465 e. The molecule has 0 saturated heterocycles. The third kappa shape index (κ3) is 4.80. The van der Waals surface area contributed by atoms with E-state index < -0.39 is 21.9 Å². The molecule has 1 heterocycles. The first-order valence-electron chi connectivity index (χ1n) is 6.24. The molecule has 0 aromatic carbocycles. The van der Waals surface area contributed by atoms with Crippen molar-refractivity contribution < 1.29 is 22.7 Å². The van der Waals surface area contributed by atoms with Crippen LogP contribution >= 0.6 is 11.3 Å². The van der Waals surface area contributed by atoms with Crippen LogP contribution in [0, 0.1) is 0 Å². The summed E-state index contributed by atoms with van der Waals surface area (Å²) in [5.74, 6) is -0.953. The minimum Gasteiger partial charge on any atom is -0.465 e. The van der Waals surface area contributed by atoms with Crippen molar-refractivity contribution in [2.24, 2.45) is 5.14 Å². The number of hydrogen-bond donors (Lipinski definition) is 1. The van der Waals surface area contributed by atoms with E-state index in [-0.39, 0.29) is 29.0 Å².